The van der Waals surface area contributed by atoms with Gasteiger partial charge in [-0.05, 0) is 76.9 Å². The molecule has 0 spiro atoms. The van der Waals surface area contributed by atoms with E-state index >= 15 is 0 Å². The van der Waals surface area contributed by atoms with Gasteiger partial charge in [-0.15, -0.1) is 24.8 Å². The molecule has 1 fully saturated rings. The topological polar surface area (TPSA) is 67.3 Å². The lowest BCUT2D eigenvalue weighted by Gasteiger charge is -2.31. The first kappa shape index (κ1) is 30.4. The lowest BCUT2D eigenvalue weighted by Crippen LogP contribution is -2.31. The van der Waals surface area contributed by atoms with Crippen LogP contribution in [0.15, 0.2) is 30.5 Å². The maximum absolute atomic E-state index is 12.5. The molecule has 0 bridgehead atoms. The molecule has 2 heterocycles. The summed E-state index contributed by atoms with van der Waals surface area (Å²) in [5.74, 6) is 1.10. The molecule has 36 heavy (non-hydrogen) atoms. The van der Waals surface area contributed by atoms with Crippen molar-refractivity contribution in [3.63, 3.8) is 0 Å². The van der Waals surface area contributed by atoms with Crippen LogP contribution in [-0.4, -0.2) is 54.4 Å². The van der Waals surface area contributed by atoms with Gasteiger partial charge in [0.2, 0.25) is 0 Å². The second-order valence-corrected chi connectivity index (χ2v) is 10.1. The summed E-state index contributed by atoms with van der Waals surface area (Å²) in [4.78, 5) is 24.1. The van der Waals surface area contributed by atoms with Crippen molar-refractivity contribution in [2.75, 3.05) is 33.1 Å². The first-order valence-corrected chi connectivity index (χ1v) is 12.3. The van der Waals surface area contributed by atoms with E-state index < -0.39 is 0 Å². The lowest BCUT2D eigenvalue weighted by atomic mass is 9.85. The van der Waals surface area contributed by atoms with Crippen LogP contribution in [0.2, 0.25) is 10.0 Å². The highest BCUT2D eigenvalue weighted by Crippen LogP contribution is 2.38. The van der Waals surface area contributed by atoms with Crippen molar-refractivity contribution in [1.29, 1.82) is 0 Å². The van der Waals surface area contributed by atoms with Crippen LogP contribution in [0.3, 0.4) is 0 Å². The molecule has 2 aromatic heterocycles. The zero-order chi connectivity index (χ0) is 24.4. The average Bonchev–Trinajstić information content (AvgIpc) is 2.79. The van der Waals surface area contributed by atoms with E-state index in [1.54, 1.807) is 25.3 Å². The Labute approximate surface area is 234 Å². The molecule has 0 unspecified atom stereocenters. The van der Waals surface area contributed by atoms with E-state index in [1.807, 2.05) is 12.1 Å². The smallest absolute Gasteiger partial charge is 0.163 e. The number of hydrogen-bond acceptors (Lipinski definition) is 6. The number of halogens is 4. The molecule has 1 aliphatic carbocycles. The van der Waals surface area contributed by atoms with E-state index in [0.29, 0.717) is 38.5 Å². The third-order valence-electron chi connectivity index (χ3n) is 6.41. The van der Waals surface area contributed by atoms with Crippen LogP contribution in [-0.2, 0) is 0 Å². The van der Waals surface area contributed by atoms with E-state index in [-0.39, 0.29) is 36.6 Å². The summed E-state index contributed by atoms with van der Waals surface area (Å²) in [5.41, 5.74) is 4.16. The molecule has 0 saturated heterocycles. The Balaban J connectivity index is 0.00000228. The number of methoxy groups -OCH3 is 1. The number of nitrogens with one attached hydrogen (secondary N) is 1. The second-order valence-electron chi connectivity index (χ2n) is 9.26. The van der Waals surface area contributed by atoms with Crippen molar-refractivity contribution < 1.29 is 9.53 Å². The van der Waals surface area contributed by atoms with Gasteiger partial charge >= 0.3 is 0 Å². The van der Waals surface area contributed by atoms with E-state index in [1.165, 1.54) is 7.11 Å². The molecule has 1 N–H and O–H groups in total. The van der Waals surface area contributed by atoms with Gasteiger partial charge in [0.05, 0.1) is 39.6 Å². The molecule has 0 atom stereocenters. The monoisotopic (exact) mass is 572 g/mol. The van der Waals surface area contributed by atoms with Gasteiger partial charge in [-0.25, -0.2) is 4.98 Å². The zero-order valence-electron chi connectivity index (χ0n) is 20.8. The summed E-state index contributed by atoms with van der Waals surface area (Å²) in [6.45, 7) is 2.68. The van der Waals surface area contributed by atoms with Gasteiger partial charge < -0.3 is 15.0 Å². The lowest BCUT2D eigenvalue weighted by molar-refractivity contribution is 0.101. The molecule has 1 aliphatic rings. The number of Topliss-reactive ketones (excluding diaryl/α,β-unsaturated/α-hetero) is 1. The molecular formula is C26H32Cl4N4O2. The maximum Gasteiger partial charge on any atom is 0.163 e. The molecule has 3 aromatic rings. The van der Waals surface area contributed by atoms with Crippen molar-refractivity contribution in [1.82, 2.24) is 14.9 Å². The molecular weight excluding hydrogens is 542 g/mol. The quantitative estimate of drug-likeness (QED) is 0.302. The molecule has 196 valence electrons. The highest BCUT2D eigenvalue weighted by Gasteiger charge is 2.24. The summed E-state index contributed by atoms with van der Waals surface area (Å²) in [6, 6.07) is 7.64. The molecule has 0 radical (unpaired) electrons. The van der Waals surface area contributed by atoms with Gasteiger partial charge in [-0.3, -0.25) is 9.78 Å². The minimum Gasteiger partial charge on any atom is -0.494 e. The second kappa shape index (κ2) is 13.1. The Kier molecular flexibility index (Phi) is 11.1. The van der Waals surface area contributed by atoms with Gasteiger partial charge in [-0.2, -0.15) is 0 Å². The molecule has 10 heteroatoms. The minimum atomic E-state index is -0.0408. The predicted molar refractivity (Wildman–Crippen MR) is 154 cm³/mol. The first-order chi connectivity index (χ1) is 16.3. The number of carbonyl (C=O) groups is 1. The third kappa shape index (κ3) is 6.73. The number of pyridine rings is 2. The molecule has 6 nitrogen and oxygen atoms in total. The fraction of sp³-hybridized carbons (Fsp3) is 0.423. The molecule has 0 amide bonds. The van der Waals surface area contributed by atoms with Crippen LogP contribution in [0.4, 0.5) is 5.69 Å². The van der Waals surface area contributed by atoms with Gasteiger partial charge in [0.25, 0.3) is 0 Å². The van der Waals surface area contributed by atoms with Gasteiger partial charge in [-0.1, -0.05) is 23.2 Å². The van der Waals surface area contributed by atoms with Crippen molar-refractivity contribution in [2.45, 2.75) is 38.6 Å². The fourth-order valence-corrected chi connectivity index (χ4v) is 5.39. The highest BCUT2D eigenvalue weighted by atomic mass is 35.5. The normalized spacial score (nSPS) is 17.3. The Bertz CT molecular complexity index is 1190. The molecule has 1 saturated carbocycles. The number of fused-ring (bicyclic) bond motifs is 1. The number of nitrogens with zero attached hydrogens (tertiary/aromatic N) is 3. The predicted octanol–water partition coefficient (Wildman–Crippen LogP) is 7.19. The van der Waals surface area contributed by atoms with Crippen LogP contribution < -0.4 is 10.1 Å². The van der Waals surface area contributed by atoms with Crippen LogP contribution in [0.5, 0.6) is 5.75 Å². The summed E-state index contributed by atoms with van der Waals surface area (Å²) in [5, 5.41) is 4.48. The average molecular weight is 574 g/mol. The molecule has 0 aliphatic heterocycles. The maximum atomic E-state index is 12.5. The number of ketones is 1. The summed E-state index contributed by atoms with van der Waals surface area (Å²) < 4.78 is 5.27. The van der Waals surface area contributed by atoms with Crippen LogP contribution in [0, 0.1) is 5.92 Å². The Morgan fingerprint density at radius 2 is 1.75 bits per heavy atom. The number of rotatable bonds is 7. The van der Waals surface area contributed by atoms with Crippen molar-refractivity contribution >= 4 is 70.5 Å². The van der Waals surface area contributed by atoms with Crippen LogP contribution in [0.25, 0.3) is 22.3 Å². The first-order valence-electron chi connectivity index (χ1n) is 11.5. The number of ether oxygens (including phenoxy) is 1. The Morgan fingerprint density at radius 1 is 1.11 bits per heavy atom. The van der Waals surface area contributed by atoms with Gasteiger partial charge in [0, 0.05) is 24.3 Å². The Hall–Kier alpha value is -1.83. The van der Waals surface area contributed by atoms with Crippen molar-refractivity contribution in [3.8, 4) is 17.0 Å². The van der Waals surface area contributed by atoms with E-state index in [2.05, 4.69) is 29.3 Å². The SMILES string of the molecule is COc1c(Cl)cc(-c2ccc3ncc(C(C)=O)c(NC4CCC(CN(C)C)CC4)c3n2)cc1Cl.Cl.Cl. The van der Waals surface area contributed by atoms with Gasteiger partial charge in [0.1, 0.15) is 5.52 Å². The van der Waals surface area contributed by atoms with E-state index in [0.717, 1.165) is 49.0 Å². The van der Waals surface area contributed by atoms with E-state index in [9.17, 15) is 4.79 Å². The zero-order valence-corrected chi connectivity index (χ0v) is 24.0. The van der Waals surface area contributed by atoms with Crippen LogP contribution in [0.1, 0.15) is 43.0 Å². The van der Waals surface area contributed by atoms with Crippen LogP contribution >= 0.6 is 48.0 Å². The largest absolute Gasteiger partial charge is 0.494 e. The number of hydrogen-bond donors (Lipinski definition) is 1. The number of anilines is 1. The number of aromatic nitrogens is 2. The summed E-state index contributed by atoms with van der Waals surface area (Å²) >= 11 is 12.7. The number of benzene rings is 1. The van der Waals surface area contributed by atoms with Crippen molar-refractivity contribution in [2.24, 2.45) is 5.92 Å². The van der Waals surface area contributed by atoms with E-state index in [4.69, 9.17) is 32.9 Å². The summed E-state index contributed by atoms with van der Waals surface area (Å²) in [6.07, 6.45) is 6.09. The van der Waals surface area contributed by atoms with Crippen molar-refractivity contribution in [3.05, 3.63) is 46.1 Å². The number of carbonyl (C=O) groups excluding carboxylic acids is 1. The fourth-order valence-electron chi connectivity index (χ4n) is 4.75. The summed E-state index contributed by atoms with van der Waals surface area (Å²) in [7, 11) is 5.78. The Morgan fingerprint density at radius 3 is 2.31 bits per heavy atom. The third-order valence-corrected chi connectivity index (χ3v) is 6.97. The minimum absolute atomic E-state index is 0. The van der Waals surface area contributed by atoms with Gasteiger partial charge in [0.15, 0.2) is 11.5 Å². The highest BCUT2D eigenvalue weighted by molar-refractivity contribution is 6.37. The molecule has 1 aromatic carbocycles. The standard InChI is InChI=1S/C26H30Cl2N4O2.2ClH/c1-15(33)19-13-29-23-10-9-22(17-11-20(27)26(34-4)21(28)12-17)31-25(23)24(19)30-18-7-5-16(6-8-18)14-32(2)3;;/h9-13,16,18H,5-8,14H2,1-4H3,(H,29,30);2*1H. The molecule has 4 rings (SSSR count).